The number of aromatic nitrogens is 1. The van der Waals surface area contributed by atoms with Crippen LogP contribution in [0, 0.1) is 13.8 Å². The van der Waals surface area contributed by atoms with Crippen LogP contribution in [-0.2, 0) is 24.2 Å². The van der Waals surface area contributed by atoms with Gasteiger partial charge in [0.25, 0.3) is 0 Å². The first-order valence-corrected chi connectivity index (χ1v) is 11.5. The summed E-state index contributed by atoms with van der Waals surface area (Å²) in [7, 11) is 0. The van der Waals surface area contributed by atoms with Gasteiger partial charge in [-0.05, 0) is 37.8 Å². The van der Waals surface area contributed by atoms with Crippen LogP contribution in [0.2, 0.25) is 0 Å². The molecule has 0 saturated carbocycles. The molecule has 0 atom stereocenters. The number of fused-ring (bicyclic) bond motifs is 1. The summed E-state index contributed by atoms with van der Waals surface area (Å²) in [6, 6.07) is 8.61. The lowest BCUT2D eigenvalue weighted by molar-refractivity contribution is -0.131. The maximum Gasteiger partial charge on any atom is 0.317 e. The molecule has 3 heterocycles. The molecular weight excluding hydrogens is 406 g/mol. The van der Waals surface area contributed by atoms with Gasteiger partial charge in [0.05, 0.1) is 12.1 Å². The fourth-order valence-corrected chi connectivity index (χ4v) is 4.53. The van der Waals surface area contributed by atoms with Crippen LogP contribution in [-0.4, -0.2) is 77.6 Å². The van der Waals surface area contributed by atoms with E-state index in [0.29, 0.717) is 44.9 Å². The second kappa shape index (κ2) is 10.2. The number of piperazine rings is 1. The molecule has 0 bridgehead atoms. The van der Waals surface area contributed by atoms with Crippen LogP contribution in [0.1, 0.15) is 34.6 Å². The average Bonchev–Trinajstić information content (AvgIpc) is 3.13. The Balaban J connectivity index is 1.13. The van der Waals surface area contributed by atoms with Crippen molar-refractivity contribution >= 4 is 11.9 Å². The predicted molar refractivity (Wildman–Crippen MR) is 121 cm³/mol. The van der Waals surface area contributed by atoms with Gasteiger partial charge in [-0.25, -0.2) is 4.79 Å². The summed E-state index contributed by atoms with van der Waals surface area (Å²) in [5.41, 5.74) is 4.51. The molecule has 1 aromatic carbocycles. The number of nitrogens with one attached hydrogen (secondary N) is 1. The maximum absolute atomic E-state index is 12.6. The molecule has 8 nitrogen and oxygen atoms in total. The van der Waals surface area contributed by atoms with E-state index in [4.69, 9.17) is 4.52 Å². The standard InChI is InChI=1S/C24H33N5O3/c1-18-22(19(2)32-26-18)16-23(30)28-12-14-29(15-13-28)24(31)25-9-5-10-27-11-8-20-6-3-4-7-21(20)17-27/h3-4,6-7H,5,8-17H2,1-2H3,(H,25,31). The first kappa shape index (κ1) is 22.3. The third kappa shape index (κ3) is 5.30. The number of hydrogen-bond donors (Lipinski definition) is 1. The van der Waals surface area contributed by atoms with Gasteiger partial charge in [-0.1, -0.05) is 29.4 Å². The fraction of sp³-hybridized carbons (Fsp3) is 0.542. The average molecular weight is 440 g/mol. The van der Waals surface area contributed by atoms with E-state index in [9.17, 15) is 9.59 Å². The van der Waals surface area contributed by atoms with Crippen molar-refractivity contribution in [1.29, 1.82) is 0 Å². The highest BCUT2D eigenvalue weighted by molar-refractivity contribution is 5.80. The summed E-state index contributed by atoms with van der Waals surface area (Å²) in [6.45, 7) is 9.64. The summed E-state index contributed by atoms with van der Waals surface area (Å²) >= 11 is 0. The molecule has 172 valence electrons. The van der Waals surface area contributed by atoms with Crippen LogP contribution in [0.15, 0.2) is 28.8 Å². The first-order valence-electron chi connectivity index (χ1n) is 11.5. The maximum atomic E-state index is 12.6. The summed E-state index contributed by atoms with van der Waals surface area (Å²) < 4.78 is 5.15. The summed E-state index contributed by atoms with van der Waals surface area (Å²) in [6.07, 6.45) is 2.33. The van der Waals surface area contributed by atoms with Crippen molar-refractivity contribution in [3.8, 4) is 0 Å². The first-order chi connectivity index (χ1) is 15.5. The number of aryl methyl sites for hydroxylation is 2. The van der Waals surface area contributed by atoms with Crippen molar-refractivity contribution in [2.45, 2.75) is 39.7 Å². The Labute approximate surface area is 189 Å². The molecule has 1 aromatic heterocycles. The minimum absolute atomic E-state index is 0.0354. The minimum Gasteiger partial charge on any atom is -0.361 e. The van der Waals surface area contributed by atoms with Crippen molar-refractivity contribution in [3.63, 3.8) is 0 Å². The molecule has 1 saturated heterocycles. The lowest BCUT2D eigenvalue weighted by Crippen LogP contribution is -2.53. The van der Waals surface area contributed by atoms with E-state index >= 15 is 0 Å². The molecular formula is C24H33N5O3. The van der Waals surface area contributed by atoms with E-state index in [-0.39, 0.29) is 11.9 Å². The van der Waals surface area contributed by atoms with E-state index in [2.05, 4.69) is 39.6 Å². The molecule has 0 radical (unpaired) electrons. The van der Waals surface area contributed by atoms with Crippen LogP contribution in [0.4, 0.5) is 4.79 Å². The van der Waals surface area contributed by atoms with Gasteiger partial charge in [0.15, 0.2) is 0 Å². The Hall–Kier alpha value is -2.87. The molecule has 1 fully saturated rings. The molecule has 1 N–H and O–H groups in total. The van der Waals surface area contributed by atoms with Gasteiger partial charge in [-0.15, -0.1) is 0 Å². The van der Waals surface area contributed by atoms with Crippen molar-refractivity contribution < 1.29 is 14.1 Å². The number of amides is 3. The summed E-state index contributed by atoms with van der Waals surface area (Å²) in [4.78, 5) is 31.2. The van der Waals surface area contributed by atoms with Crippen molar-refractivity contribution in [1.82, 2.24) is 25.2 Å². The third-order valence-electron chi connectivity index (χ3n) is 6.57. The Morgan fingerprint density at radius 1 is 1.03 bits per heavy atom. The normalized spacial score (nSPS) is 16.7. The molecule has 0 spiro atoms. The fourth-order valence-electron chi connectivity index (χ4n) is 4.53. The highest BCUT2D eigenvalue weighted by atomic mass is 16.5. The zero-order chi connectivity index (χ0) is 22.5. The Morgan fingerprint density at radius 3 is 2.47 bits per heavy atom. The van der Waals surface area contributed by atoms with Crippen LogP contribution in [0.3, 0.4) is 0 Å². The highest BCUT2D eigenvalue weighted by Gasteiger charge is 2.25. The van der Waals surface area contributed by atoms with Gasteiger partial charge in [-0.3, -0.25) is 9.69 Å². The van der Waals surface area contributed by atoms with Gasteiger partial charge < -0.3 is 19.6 Å². The minimum atomic E-state index is -0.0354. The number of hydrogen-bond acceptors (Lipinski definition) is 5. The molecule has 8 heteroatoms. The Morgan fingerprint density at radius 2 is 1.75 bits per heavy atom. The number of carbonyl (C=O) groups excluding carboxylic acids is 2. The number of benzene rings is 1. The highest BCUT2D eigenvalue weighted by Crippen LogP contribution is 2.18. The topological polar surface area (TPSA) is 81.9 Å². The molecule has 2 aromatic rings. The van der Waals surface area contributed by atoms with Gasteiger partial charge in [0.1, 0.15) is 5.76 Å². The van der Waals surface area contributed by atoms with Crippen LogP contribution in [0.25, 0.3) is 0 Å². The van der Waals surface area contributed by atoms with E-state index in [1.165, 1.54) is 11.1 Å². The van der Waals surface area contributed by atoms with Gasteiger partial charge in [0.2, 0.25) is 5.91 Å². The molecule has 32 heavy (non-hydrogen) atoms. The largest absolute Gasteiger partial charge is 0.361 e. The van der Waals surface area contributed by atoms with Crippen molar-refractivity contribution in [2.75, 3.05) is 45.8 Å². The predicted octanol–water partition coefficient (Wildman–Crippen LogP) is 2.14. The Kier molecular flexibility index (Phi) is 7.09. The molecule has 0 unspecified atom stereocenters. The smallest absolute Gasteiger partial charge is 0.317 e. The second-order valence-corrected chi connectivity index (χ2v) is 8.73. The van der Waals surface area contributed by atoms with Crippen LogP contribution >= 0.6 is 0 Å². The number of rotatable bonds is 6. The molecule has 4 rings (SSSR count). The molecule has 2 aliphatic rings. The van der Waals surface area contributed by atoms with E-state index in [0.717, 1.165) is 43.7 Å². The van der Waals surface area contributed by atoms with E-state index in [1.54, 1.807) is 4.90 Å². The SMILES string of the molecule is Cc1noc(C)c1CC(=O)N1CCN(C(=O)NCCCN2CCc3ccccc3C2)CC1. The molecule has 0 aliphatic carbocycles. The monoisotopic (exact) mass is 439 g/mol. The Bertz CT molecular complexity index is 929. The number of carbonyl (C=O) groups is 2. The zero-order valence-corrected chi connectivity index (χ0v) is 19.1. The molecule has 2 aliphatic heterocycles. The molecule has 3 amide bonds. The quantitative estimate of drug-likeness (QED) is 0.698. The van der Waals surface area contributed by atoms with E-state index < -0.39 is 0 Å². The summed E-state index contributed by atoms with van der Waals surface area (Å²) in [5.74, 6) is 0.755. The third-order valence-corrected chi connectivity index (χ3v) is 6.57. The lowest BCUT2D eigenvalue weighted by atomic mass is 10.00. The van der Waals surface area contributed by atoms with Crippen molar-refractivity contribution in [3.05, 3.63) is 52.4 Å². The second-order valence-electron chi connectivity index (χ2n) is 8.73. The summed E-state index contributed by atoms with van der Waals surface area (Å²) in [5, 5.41) is 6.96. The van der Waals surface area contributed by atoms with Crippen molar-refractivity contribution in [2.24, 2.45) is 0 Å². The lowest BCUT2D eigenvalue weighted by Gasteiger charge is -2.35. The van der Waals surface area contributed by atoms with Crippen LogP contribution in [0.5, 0.6) is 0 Å². The van der Waals surface area contributed by atoms with Gasteiger partial charge >= 0.3 is 6.03 Å². The number of nitrogens with zero attached hydrogens (tertiary/aromatic N) is 4. The number of urea groups is 1. The zero-order valence-electron chi connectivity index (χ0n) is 19.1. The van der Waals surface area contributed by atoms with E-state index in [1.807, 2.05) is 18.7 Å². The van der Waals surface area contributed by atoms with Gasteiger partial charge in [-0.2, -0.15) is 0 Å². The van der Waals surface area contributed by atoms with Gasteiger partial charge in [0, 0.05) is 57.9 Å². The van der Waals surface area contributed by atoms with Crippen LogP contribution < -0.4 is 5.32 Å².